The lowest BCUT2D eigenvalue weighted by molar-refractivity contribution is 0.0734. The number of hydrogen-bond acceptors (Lipinski definition) is 7. The maximum atomic E-state index is 14.1. The van der Waals surface area contributed by atoms with Crippen molar-refractivity contribution < 1.29 is 13.9 Å². The van der Waals surface area contributed by atoms with Crippen molar-refractivity contribution in [1.82, 2.24) is 19.9 Å². The summed E-state index contributed by atoms with van der Waals surface area (Å²) in [7, 11) is 0. The van der Waals surface area contributed by atoms with E-state index in [1.807, 2.05) is 0 Å². The van der Waals surface area contributed by atoms with Crippen LogP contribution in [0.15, 0.2) is 60.3 Å². The van der Waals surface area contributed by atoms with Crippen molar-refractivity contribution >= 4 is 5.70 Å². The van der Waals surface area contributed by atoms with Crippen LogP contribution in [-0.4, -0.2) is 25.0 Å². The number of benzene rings is 1. The lowest BCUT2D eigenvalue weighted by Crippen LogP contribution is -2.19. The predicted octanol–water partition coefficient (Wildman–Crippen LogP) is 3.92. The van der Waals surface area contributed by atoms with E-state index >= 15 is 0 Å². The van der Waals surface area contributed by atoms with E-state index in [9.17, 15) is 13.9 Å². The Hall–Kier alpha value is -3.72. The Morgan fingerprint density at radius 1 is 1.09 bits per heavy atom. The fourth-order valence-electron chi connectivity index (χ4n) is 3.97. The minimum Gasteiger partial charge on any atom is -0.401 e. The number of nitrogens with two attached hydrogens (primary N) is 2. The molecule has 3 aromatic rings. The van der Waals surface area contributed by atoms with E-state index in [1.54, 1.807) is 38.5 Å². The molecule has 2 aromatic heterocycles. The number of rotatable bonds is 5. The zero-order chi connectivity index (χ0) is 24.5. The molecule has 1 unspecified atom stereocenters. The van der Waals surface area contributed by atoms with Gasteiger partial charge in [0.15, 0.2) is 0 Å². The highest BCUT2D eigenvalue weighted by molar-refractivity contribution is 5.67. The number of aromatic nitrogens is 4. The van der Waals surface area contributed by atoms with Crippen LogP contribution in [0.5, 0.6) is 0 Å². The highest BCUT2D eigenvalue weighted by Gasteiger charge is 2.25. The molecule has 2 heterocycles. The topological polar surface area (TPSA) is 124 Å². The third-order valence-corrected chi connectivity index (χ3v) is 5.82. The molecular formula is C25H26F2N6O. The molecule has 0 radical (unpaired) electrons. The molecule has 0 bridgehead atoms. The van der Waals surface area contributed by atoms with Crippen molar-refractivity contribution in [3.63, 3.8) is 0 Å². The van der Waals surface area contributed by atoms with Gasteiger partial charge in [-0.05, 0) is 56.9 Å². The minimum atomic E-state index is -1.10. The van der Waals surface area contributed by atoms with Crippen LogP contribution >= 0.6 is 0 Å². The molecule has 0 amide bonds. The van der Waals surface area contributed by atoms with Crippen molar-refractivity contribution in [3.8, 4) is 11.4 Å². The number of nitrogens with zero attached hydrogens (tertiary/aromatic N) is 4. The second kappa shape index (κ2) is 9.26. The van der Waals surface area contributed by atoms with Crippen LogP contribution in [0.3, 0.4) is 0 Å². The molecule has 176 valence electrons. The van der Waals surface area contributed by atoms with Crippen LogP contribution in [-0.2, 0) is 5.60 Å². The number of hydrogen-bond donors (Lipinski definition) is 3. The largest absolute Gasteiger partial charge is 0.401 e. The van der Waals surface area contributed by atoms with Gasteiger partial charge in [0.2, 0.25) is 0 Å². The number of aliphatic hydroxyl groups is 1. The van der Waals surface area contributed by atoms with Gasteiger partial charge in [0.1, 0.15) is 28.6 Å². The van der Waals surface area contributed by atoms with E-state index < -0.39 is 17.2 Å². The summed E-state index contributed by atoms with van der Waals surface area (Å²) in [5.74, 6) is -1.68. The van der Waals surface area contributed by atoms with E-state index in [1.165, 1.54) is 24.4 Å². The lowest BCUT2D eigenvalue weighted by Gasteiger charge is -2.25. The first-order valence-corrected chi connectivity index (χ1v) is 10.9. The summed E-state index contributed by atoms with van der Waals surface area (Å²) in [5.41, 5.74) is 14.6. The third-order valence-electron chi connectivity index (χ3n) is 5.82. The van der Waals surface area contributed by atoms with E-state index in [2.05, 4.69) is 15.0 Å². The van der Waals surface area contributed by atoms with E-state index in [4.69, 9.17) is 16.5 Å². The molecule has 0 saturated heterocycles. The Balaban J connectivity index is 1.65. The van der Waals surface area contributed by atoms with Crippen molar-refractivity contribution in [3.05, 3.63) is 88.9 Å². The highest BCUT2D eigenvalue weighted by Crippen LogP contribution is 2.36. The Morgan fingerprint density at radius 3 is 2.47 bits per heavy atom. The van der Waals surface area contributed by atoms with Gasteiger partial charge in [0.05, 0.1) is 35.5 Å². The molecule has 1 aliphatic rings. The fraction of sp³-hybridized carbons (Fsp3) is 0.280. The molecule has 0 spiro atoms. The maximum Gasteiger partial charge on any atom is 0.135 e. The summed E-state index contributed by atoms with van der Waals surface area (Å²) in [4.78, 5) is 17.6. The first-order chi connectivity index (χ1) is 16.1. The summed E-state index contributed by atoms with van der Waals surface area (Å²) < 4.78 is 28.3. The lowest BCUT2D eigenvalue weighted by atomic mass is 9.84. The molecular weight excluding hydrogens is 438 g/mol. The Bertz CT molecular complexity index is 1240. The van der Waals surface area contributed by atoms with E-state index in [-0.39, 0.29) is 17.2 Å². The molecule has 0 aliphatic heterocycles. The second-order valence-corrected chi connectivity index (χ2v) is 8.80. The molecule has 34 heavy (non-hydrogen) atoms. The fourth-order valence-corrected chi connectivity index (χ4v) is 3.97. The first-order valence-electron chi connectivity index (χ1n) is 10.9. The van der Waals surface area contributed by atoms with Gasteiger partial charge in [0.25, 0.3) is 0 Å². The Kier molecular flexibility index (Phi) is 6.39. The molecule has 1 atom stereocenters. The molecule has 9 heteroatoms. The minimum absolute atomic E-state index is 0.0174. The van der Waals surface area contributed by atoms with E-state index in [0.29, 0.717) is 34.9 Å². The second-order valence-electron chi connectivity index (χ2n) is 8.80. The number of halogens is 2. The molecule has 7 nitrogen and oxygen atoms in total. The summed E-state index contributed by atoms with van der Waals surface area (Å²) in [6.45, 7) is 3.27. The molecule has 0 saturated carbocycles. The molecule has 0 fully saturated rings. The normalized spacial score (nSPS) is 17.2. The molecule has 4 rings (SSSR count). The van der Waals surface area contributed by atoms with Crippen molar-refractivity contribution in [2.75, 3.05) is 0 Å². The van der Waals surface area contributed by atoms with Gasteiger partial charge < -0.3 is 16.6 Å². The van der Waals surface area contributed by atoms with Gasteiger partial charge in [-0.15, -0.1) is 0 Å². The van der Waals surface area contributed by atoms with Crippen LogP contribution in [0.25, 0.3) is 17.1 Å². The van der Waals surface area contributed by atoms with Gasteiger partial charge >= 0.3 is 0 Å². The quantitative estimate of drug-likeness (QED) is 0.523. The zero-order valence-corrected chi connectivity index (χ0v) is 19.0. The summed E-state index contributed by atoms with van der Waals surface area (Å²) in [5, 5.41) is 10.1. The Morgan fingerprint density at radius 2 is 1.82 bits per heavy atom. The standard InChI is InChI=1S/C25H26F2N6O/c1-25(2,34)22-13-31-20(12-32-22)21-11-30-10-19(33-21)15-6-3-5-14(24(15)29)9-18(28)23-16(26)7-4-8-17(23)27/h4,7-13,15,34H,3,5-6,28-29H2,1-2H3/b18-9-. The van der Waals surface area contributed by atoms with Gasteiger partial charge in [-0.2, -0.15) is 0 Å². The number of allylic oxidation sites excluding steroid dienone is 3. The average Bonchev–Trinajstić information content (AvgIpc) is 2.80. The predicted molar refractivity (Wildman–Crippen MR) is 125 cm³/mol. The van der Waals surface area contributed by atoms with Crippen molar-refractivity contribution in [2.24, 2.45) is 11.5 Å². The molecule has 5 N–H and O–H groups in total. The molecule has 1 aliphatic carbocycles. The summed E-state index contributed by atoms with van der Waals surface area (Å²) >= 11 is 0. The first kappa shape index (κ1) is 23.4. The Labute approximate surface area is 196 Å². The van der Waals surface area contributed by atoms with Crippen LogP contribution in [0.4, 0.5) is 8.78 Å². The smallest absolute Gasteiger partial charge is 0.135 e. The molecule has 1 aromatic carbocycles. The van der Waals surface area contributed by atoms with Gasteiger partial charge in [-0.3, -0.25) is 15.0 Å². The van der Waals surface area contributed by atoms with Crippen LogP contribution in [0, 0.1) is 11.6 Å². The van der Waals surface area contributed by atoms with Crippen molar-refractivity contribution in [2.45, 2.75) is 44.6 Å². The summed E-state index contributed by atoms with van der Waals surface area (Å²) in [6, 6.07) is 3.62. The van der Waals surface area contributed by atoms with Crippen LogP contribution in [0.1, 0.15) is 56.0 Å². The average molecular weight is 465 g/mol. The zero-order valence-electron chi connectivity index (χ0n) is 19.0. The van der Waals surface area contributed by atoms with Crippen LogP contribution in [0.2, 0.25) is 0 Å². The van der Waals surface area contributed by atoms with Gasteiger partial charge in [0, 0.05) is 23.5 Å². The van der Waals surface area contributed by atoms with Crippen LogP contribution < -0.4 is 11.5 Å². The SMILES string of the molecule is CC(C)(O)c1cnc(-c2cncc(C3CCCC(/C=C(\N)c4c(F)cccc4F)=C3N)n2)cn1. The van der Waals surface area contributed by atoms with Crippen molar-refractivity contribution in [1.29, 1.82) is 0 Å². The highest BCUT2D eigenvalue weighted by atomic mass is 19.1. The van der Waals surface area contributed by atoms with Gasteiger partial charge in [-0.25, -0.2) is 13.8 Å². The third kappa shape index (κ3) is 4.79. The van der Waals surface area contributed by atoms with Gasteiger partial charge in [-0.1, -0.05) is 6.07 Å². The monoisotopic (exact) mass is 464 g/mol. The maximum absolute atomic E-state index is 14.1. The summed E-state index contributed by atoms with van der Waals surface area (Å²) in [6.07, 6.45) is 10.0. The van der Waals surface area contributed by atoms with E-state index in [0.717, 1.165) is 18.4 Å².